The normalized spacial score (nSPS) is 12.1. The van der Waals surface area contributed by atoms with E-state index >= 15 is 0 Å². The zero-order valence-corrected chi connectivity index (χ0v) is 48.5. The van der Waals surface area contributed by atoms with Gasteiger partial charge in [0.1, 0.15) is 0 Å². The summed E-state index contributed by atoms with van der Waals surface area (Å²) in [5, 5.41) is 62.5. The number of amides is 1. The molecule has 2 aliphatic heterocycles. The Morgan fingerprint density at radius 1 is 0.514 bits per heavy atom. The Hall–Kier alpha value is -5.70. The molecule has 4 aromatic carbocycles. The van der Waals surface area contributed by atoms with Gasteiger partial charge in [0.05, 0.1) is 58.3 Å². The number of aromatic carboxylic acids is 4. The summed E-state index contributed by atoms with van der Waals surface area (Å²) in [4.78, 5) is 83.2. The van der Waals surface area contributed by atoms with Gasteiger partial charge in [-0.3, -0.25) is 9.79 Å². The summed E-state index contributed by atoms with van der Waals surface area (Å²) in [6.45, 7) is 0. The first-order chi connectivity index (χ1) is 33.7. The molecule has 0 fully saturated rings. The third-order valence-corrected chi connectivity index (χ3v) is 11.6. The molecular formula is C54H36N6Na4O10. The number of carbonyl (C=O) groups excluding carboxylic acids is 4. The molecule has 346 valence electrons. The smallest absolute Gasteiger partial charge is 0.858 e. The van der Waals surface area contributed by atoms with Crippen molar-refractivity contribution in [1.29, 1.82) is 0 Å². The van der Waals surface area contributed by atoms with E-state index in [9.17, 15) is 49.5 Å². The number of carboxylic acids is 4. The van der Waals surface area contributed by atoms with Crippen molar-refractivity contribution in [2.45, 2.75) is 24.9 Å². The van der Waals surface area contributed by atoms with Crippen LogP contribution in [-0.2, 0) is 12.8 Å². The minimum Gasteiger partial charge on any atom is -0.858 e. The van der Waals surface area contributed by atoms with Crippen molar-refractivity contribution in [3.8, 4) is 0 Å². The number of carbonyl (C=O) groups is 5. The Morgan fingerprint density at radius 3 is 1.42 bits per heavy atom. The number of aromatic amines is 2. The summed E-state index contributed by atoms with van der Waals surface area (Å²) in [5.41, 5.74) is 4.46. The standard InChI is InChI=1S/C54H40N6O10.4Na/c61-49(31-21-33(51(63)64)25-34(22-31)52(65)66)59-45(19-29-7-3-1-4-8-29)47-41-15-11-37(55-41)27-39-13-17-43(57-39)48(44-18-14-40(58-44)28-38-12-16-42(47)56-38)46(20-30-9-5-2-6-10-30)60-50(62)32-23-35(53(67)68)26-36(24-32)54(69)70;;;;/h1-18,21-28,45-46,55-56H,19-20H2,(H,59,61)(H,60,62)(H,63,64)(H,65,66)(H,67,68)(H,69,70);;;;/q;4*+1/p-4/t45-,46-;;;;/m0..../s1. The number of aromatic nitrogens is 4. The molecule has 0 unspecified atom stereocenters. The van der Waals surface area contributed by atoms with E-state index < -0.39 is 70.0 Å². The van der Waals surface area contributed by atoms with Crippen molar-refractivity contribution in [3.63, 3.8) is 0 Å². The summed E-state index contributed by atoms with van der Waals surface area (Å²) in [6, 6.07) is 33.6. The summed E-state index contributed by atoms with van der Waals surface area (Å²) >= 11 is 0. The van der Waals surface area contributed by atoms with Crippen LogP contribution in [0.5, 0.6) is 0 Å². The zero-order valence-electron chi connectivity index (χ0n) is 40.5. The van der Waals surface area contributed by atoms with E-state index in [0.717, 1.165) is 47.5 Å². The molecule has 20 heteroatoms. The summed E-state index contributed by atoms with van der Waals surface area (Å²) < 4.78 is 0. The van der Waals surface area contributed by atoms with Gasteiger partial charge in [-0.1, -0.05) is 60.7 Å². The van der Waals surface area contributed by atoms with Gasteiger partial charge in [0.25, 0.3) is 5.91 Å². The third-order valence-electron chi connectivity index (χ3n) is 11.6. The monoisotopic (exact) mass is 1020 g/mol. The molecule has 0 spiro atoms. The number of rotatable bonds is 14. The first-order valence-electron chi connectivity index (χ1n) is 21.7. The van der Waals surface area contributed by atoms with E-state index in [1.807, 2.05) is 84.9 Å². The quantitative estimate of drug-likeness (QED) is 0.0450. The summed E-state index contributed by atoms with van der Waals surface area (Å²) in [5.74, 6) is -8.07. The van der Waals surface area contributed by atoms with Crippen LogP contribution in [0.4, 0.5) is 0 Å². The van der Waals surface area contributed by atoms with Gasteiger partial charge in [-0.05, 0) is 149 Å². The molecule has 0 radical (unpaired) electrons. The zero-order chi connectivity index (χ0) is 49.1. The van der Waals surface area contributed by atoms with E-state index in [-0.39, 0.29) is 142 Å². The van der Waals surface area contributed by atoms with Crippen molar-refractivity contribution in [1.82, 2.24) is 25.3 Å². The van der Waals surface area contributed by atoms with Crippen LogP contribution in [0.1, 0.15) is 114 Å². The number of H-pyrrole nitrogens is 2. The molecule has 0 saturated heterocycles. The second kappa shape index (κ2) is 26.2. The van der Waals surface area contributed by atoms with Crippen molar-refractivity contribution in [2.75, 3.05) is 0 Å². The second-order valence-corrected chi connectivity index (χ2v) is 16.4. The molecule has 8 bridgehead atoms. The summed E-state index contributed by atoms with van der Waals surface area (Å²) in [7, 11) is 0. The average Bonchev–Trinajstić information content (AvgIpc) is 4.20. The first-order valence-corrected chi connectivity index (χ1v) is 21.7. The number of hydrogen-bond acceptors (Lipinski definition) is 12. The van der Waals surface area contributed by atoms with Gasteiger partial charge < -0.3 is 55.2 Å². The third kappa shape index (κ3) is 14.0. The molecule has 3 aromatic heterocycles. The fourth-order valence-corrected chi connectivity index (χ4v) is 8.40. The van der Waals surface area contributed by atoms with Crippen LogP contribution in [0.3, 0.4) is 0 Å². The van der Waals surface area contributed by atoms with Crippen LogP contribution in [0.15, 0.2) is 138 Å². The van der Waals surface area contributed by atoms with Gasteiger partial charge >= 0.3 is 124 Å². The Labute approximate surface area is 511 Å². The van der Waals surface area contributed by atoms with Gasteiger partial charge in [-0.2, -0.15) is 0 Å². The predicted octanol–water partition coefficient (Wildman–Crippen LogP) is -7.74. The molecule has 0 saturated carbocycles. The van der Waals surface area contributed by atoms with Gasteiger partial charge in [0.15, 0.2) is 0 Å². The number of aliphatic imine (C=N–C) groups is 1. The van der Waals surface area contributed by atoms with E-state index in [1.54, 1.807) is 36.4 Å². The predicted molar refractivity (Wildman–Crippen MR) is 251 cm³/mol. The summed E-state index contributed by atoms with van der Waals surface area (Å²) in [6.07, 6.45) is 7.47. The SMILES string of the molecule is O=C([O-])c1cc(C(=O)O)cc(C(=O)N[C@@H](Cc2ccccc2)c2c3ccc(cc4nc(c([C@H](Cc5ccccc5)N=C([O-])c5cc(C(=O)[O-])cc(C(=O)[O-])c5)c5nc(cc6ccc2[nH]6)C=C5)C=C4)[nH]3)c1.[Na+].[Na+].[Na+].[Na+]. The van der Waals surface area contributed by atoms with Crippen LogP contribution < -0.4 is 144 Å². The largest absolute Gasteiger partial charge is 1.00 e. The molecule has 2 atom stereocenters. The minimum atomic E-state index is -1.69. The molecule has 74 heavy (non-hydrogen) atoms. The van der Waals surface area contributed by atoms with E-state index in [0.29, 0.717) is 56.0 Å². The maximum Gasteiger partial charge on any atom is 1.00 e. The van der Waals surface area contributed by atoms with Crippen LogP contribution in [0.25, 0.3) is 46.4 Å². The van der Waals surface area contributed by atoms with Gasteiger partial charge in [0.2, 0.25) is 0 Å². The average molecular weight is 1020 g/mol. The molecule has 16 nitrogen and oxygen atoms in total. The maximum absolute atomic E-state index is 14.2. The number of benzene rings is 4. The maximum atomic E-state index is 14.2. The van der Waals surface area contributed by atoms with Crippen LogP contribution >= 0.6 is 0 Å². The van der Waals surface area contributed by atoms with Crippen molar-refractivity contribution in [2.24, 2.45) is 4.99 Å². The number of hydrogen-bond donors (Lipinski definition) is 4. The Morgan fingerprint density at radius 2 is 0.946 bits per heavy atom. The molecule has 0 aliphatic carbocycles. The van der Waals surface area contributed by atoms with Crippen LogP contribution in [0.2, 0.25) is 0 Å². The molecule has 5 heterocycles. The molecule has 4 N–H and O–H groups in total. The number of nitrogens with one attached hydrogen (secondary N) is 3. The van der Waals surface area contributed by atoms with Gasteiger partial charge in [0, 0.05) is 38.8 Å². The van der Waals surface area contributed by atoms with Crippen molar-refractivity contribution in [3.05, 3.63) is 212 Å². The Bertz CT molecular complexity index is 3400. The van der Waals surface area contributed by atoms with Crippen molar-refractivity contribution < 1.29 is 168 Å². The second-order valence-electron chi connectivity index (χ2n) is 16.4. The van der Waals surface area contributed by atoms with Crippen molar-refractivity contribution >= 4 is 82.1 Å². The number of fused-ring (bicyclic) bond motifs is 8. The Balaban J connectivity index is 0.00000253. The first kappa shape index (κ1) is 59.2. The fourth-order valence-electron chi connectivity index (χ4n) is 8.40. The van der Waals surface area contributed by atoms with Crippen LogP contribution in [0, 0.1) is 0 Å². The fraction of sp³-hybridized carbons (Fsp3) is 0.0741. The Kier molecular flexibility index (Phi) is 20.9. The molecule has 9 rings (SSSR count). The minimum absolute atomic E-state index is 0. The molecule has 2 aliphatic rings. The van der Waals surface area contributed by atoms with Crippen LogP contribution in [-0.4, -0.2) is 60.7 Å². The topological polar surface area (TPSA) is 280 Å². The van der Waals surface area contributed by atoms with E-state index in [1.165, 1.54) is 0 Å². The van der Waals surface area contributed by atoms with E-state index in [4.69, 9.17) is 9.97 Å². The number of carboxylic acid groups (broad SMARTS) is 4. The molecular weight excluding hydrogens is 985 g/mol. The van der Waals surface area contributed by atoms with Gasteiger partial charge in [-0.15, -0.1) is 0 Å². The molecule has 1 amide bonds. The number of nitrogens with zero attached hydrogens (tertiary/aromatic N) is 3. The molecule has 7 aromatic rings. The van der Waals surface area contributed by atoms with E-state index in [2.05, 4.69) is 20.3 Å². The van der Waals surface area contributed by atoms with Gasteiger partial charge in [-0.25, -0.2) is 14.8 Å².